The number of hydrogen-bond acceptors (Lipinski definition) is 4. The average Bonchev–Trinajstić information content (AvgIpc) is 3.11. The van der Waals surface area contributed by atoms with Gasteiger partial charge in [-0.1, -0.05) is 48.5 Å². The first-order valence-corrected chi connectivity index (χ1v) is 10.9. The molecular formula is C26H21FN2O5. The summed E-state index contributed by atoms with van der Waals surface area (Å²) in [5, 5.41) is 11.6. The predicted molar refractivity (Wildman–Crippen MR) is 122 cm³/mol. The van der Waals surface area contributed by atoms with Gasteiger partial charge in [-0.3, -0.25) is 14.9 Å². The summed E-state index contributed by atoms with van der Waals surface area (Å²) >= 11 is 0. The van der Waals surface area contributed by atoms with Crippen LogP contribution in [0.3, 0.4) is 0 Å². The van der Waals surface area contributed by atoms with Crippen molar-refractivity contribution in [3.63, 3.8) is 0 Å². The van der Waals surface area contributed by atoms with Crippen molar-refractivity contribution in [1.82, 2.24) is 4.90 Å². The third-order valence-electron chi connectivity index (χ3n) is 6.31. The summed E-state index contributed by atoms with van der Waals surface area (Å²) in [4.78, 5) is 37.7. The van der Waals surface area contributed by atoms with Crippen LogP contribution in [0.5, 0.6) is 0 Å². The number of carbonyl (C=O) groups is 3. The Hall–Kier alpha value is -4.20. The van der Waals surface area contributed by atoms with Crippen LogP contribution < -0.4 is 5.32 Å². The number of hydrogen-bond donors (Lipinski definition) is 2. The quantitative estimate of drug-likeness (QED) is 0.591. The van der Waals surface area contributed by atoms with E-state index in [1.54, 1.807) is 0 Å². The highest BCUT2D eigenvalue weighted by Crippen LogP contribution is 2.44. The summed E-state index contributed by atoms with van der Waals surface area (Å²) in [6, 6.07) is 19.4. The Morgan fingerprint density at radius 1 is 0.971 bits per heavy atom. The van der Waals surface area contributed by atoms with Gasteiger partial charge < -0.3 is 14.7 Å². The molecule has 2 amide bonds. The normalized spacial score (nSPS) is 14.7. The Kier molecular flexibility index (Phi) is 5.49. The van der Waals surface area contributed by atoms with Crippen LogP contribution >= 0.6 is 0 Å². The zero-order chi connectivity index (χ0) is 23.8. The van der Waals surface area contributed by atoms with Gasteiger partial charge in [0.15, 0.2) is 0 Å². The molecule has 0 aromatic heterocycles. The number of aliphatic carboxylic acids is 1. The average molecular weight is 460 g/mol. The number of amides is 2. The van der Waals surface area contributed by atoms with Gasteiger partial charge in [0.2, 0.25) is 0 Å². The molecule has 1 fully saturated rings. The van der Waals surface area contributed by atoms with Crippen LogP contribution in [0.1, 0.15) is 27.4 Å². The summed E-state index contributed by atoms with van der Waals surface area (Å²) in [5.41, 5.74) is 4.39. The first-order chi connectivity index (χ1) is 16.4. The van der Waals surface area contributed by atoms with E-state index in [9.17, 15) is 18.8 Å². The van der Waals surface area contributed by atoms with Crippen LogP contribution in [0.25, 0.3) is 11.1 Å². The standard InChI is InChI=1S/C26H21FN2O5/c27-16-9-10-23(21(11-16)24(30)29-12-15(13-29)25(31)32)28-26(33)34-14-22-19-7-3-1-5-17(19)18-6-2-4-8-20(18)22/h1-11,15,22H,12-14H2,(H,28,33)(H,31,32). The number of benzene rings is 3. The lowest BCUT2D eigenvalue weighted by Crippen LogP contribution is -2.53. The van der Waals surface area contributed by atoms with Crippen LogP contribution in [0.4, 0.5) is 14.9 Å². The molecule has 3 aromatic rings. The number of carboxylic acids is 1. The highest BCUT2D eigenvalue weighted by Gasteiger charge is 2.37. The lowest BCUT2D eigenvalue weighted by atomic mass is 9.98. The van der Waals surface area contributed by atoms with Crippen LogP contribution in [0.2, 0.25) is 0 Å². The van der Waals surface area contributed by atoms with E-state index in [0.29, 0.717) is 0 Å². The maximum atomic E-state index is 13.9. The third kappa shape index (κ3) is 3.87. The SMILES string of the molecule is O=C(Nc1ccc(F)cc1C(=O)N1CC(C(=O)O)C1)OCC1c2ccccc2-c2ccccc21. The number of halogens is 1. The molecule has 1 saturated heterocycles. The van der Waals surface area contributed by atoms with Crippen molar-refractivity contribution >= 4 is 23.7 Å². The zero-order valence-corrected chi connectivity index (χ0v) is 18.0. The zero-order valence-electron chi connectivity index (χ0n) is 18.0. The number of rotatable bonds is 5. The van der Waals surface area contributed by atoms with Crippen molar-refractivity contribution < 1.29 is 28.6 Å². The minimum absolute atomic E-state index is 0.0368. The van der Waals surface area contributed by atoms with Crippen molar-refractivity contribution in [3.05, 3.63) is 89.2 Å². The molecule has 0 spiro atoms. The molecule has 1 heterocycles. The molecule has 0 saturated carbocycles. The first-order valence-electron chi connectivity index (χ1n) is 10.9. The lowest BCUT2D eigenvalue weighted by Gasteiger charge is -2.37. The van der Waals surface area contributed by atoms with Gasteiger partial charge in [0, 0.05) is 19.0 Å². The fraction of sp³-hybridized carbons (Fsp3) is 0.192. The molecule has 1 aliphatic carbocycles. The van der Waals surface area contributed by atoms with Gasteiger partial charge in [-0.25, -0.2) is 9.18 Å². The molecular weight excluding hydrogens is 439 g/mol. The molecule has 2 aliphatic rings. The van der Waals surface area contributed by atoms with Crippen molar-refractivity contribution in [2.75, 3.05) is 25.0 Å². The monoisotopic (exact) mass is 460 g/mol. The van der Waals surface area contributed by atoms with Gasteiger partial charge in [-0.15, -0.1) is 0 Å². The number of carboxylic acid groups (broad SMARTS) is 1. The van der Waals surface area contributed by atoms with Crippen LogP contribution in [-0.4, -0.2) is 47.7 Å². The van der Waals surface area contributed by atoms with E-state index in [1.807, 2.05) is 48.5 Å². The molecule has 2 N–H and O–H groups in total. The Balaban J connectivity index is 1.29. The number of ether oxygens (including phenoxy) is 1. The maximum absolute atomic E-state index is 13.9. The van der Waals surface area contributed by atoms with Gasteiger partial charge in [0.05, 0.1) is 17.2 Å². The molecule has 7 nitrogen and oxygen atoms in total. The van der Waals surface area contributed by atoms with E-state index in [2.05, 4.69) is 5.32 Å². The Bertz CT molecular complexity index is 1260. The number of nitrogens with one attached hydrogen (secondary N) is 1. The lowest BCUT2D eigenvalue weighted by molar-refractivity contribution is -0.146. The Morgan fingerprint density at radius 3 is 2.21 bits per heavy atom. The van der Waals surface area contributed by atoms with Crippen molar-refractivity contribution in [2.24, 2.45) is 5.92 Å². The molecule has 5 rings (SSSR count). The summed E-state index contributed by atoms with van der Waals surface area (Å²) in [7, 11) is 0. The van der Waals surface area contributed by atoms with Gasteiger partial charge in [0.1, 0.15) is 12.4 Å². The molecule has 0 bridgehead atoms. The van der Waals surface area contributed by atoms with E-state index in [-0.39, 0.29) is 36.9 Å². The second-order valence-corrected chi connectivity index (χ2v) is 8.39. The Labute approximate surface area is 194 Å². The minimum Gasteiger partial charge on any atom is -0.481 e. The van der Waals surface area contributed by atoms with Gasteiger partial charge in [0.25, 0.3) is 5.91 Å². The third-order valence-corrected chi connectivity index (χ3v) is 6.31. The molecule has 0 unspecified atom stereocenters. The second-order valence-electron chi connectivity index (χ2n) is 8.39. The number of carbonyl (C=O) groups excluding carboxylic acids is 2. The van der Waals surface area contributed by atoms with Gasteiger partial charge in [-0.2, -0.15) is 0 Å². The van der Waals surface area contributed by atoms with E-state index < -0.39 is 29.7 Å². The fourth-order valence-corrected chi connectivity index (χ4v) is 4.52. The molecule has 0 radical (unpaired) electrons. The highest BCUT2D eigenvalue weighted by atomic mass is 19.1. The van der Waals surface area contributed by atoms with Gasteiger partial charge >= 0.3 is 12.1 Å². The van der Waals surface area contributed by atoms with Gasteiger partial charge in [-0.05, 0) is 40.5 Å². The number of likely N-dealkylation sites (tertiary alicyclic amines) is 1. The summed E-state index contributed by atoms with van der Waals surface area (Å²) in [6.07, 6.45) is -0.769. The van der Waals surface area contributed by atoms with Crippen LogP contribution in [0.15, 0.2) is 66.7 Å². The van der Waals surface area contributed by atoms with Crippen molar-refractivity contribution in [2.45, 2.75) is 5.92 Å². The largest absolute Gasteiger partial charge is 0.481 e. The van der Waals surface area contributed by atoms with Crippen molar-refractivity contribution in [1.29, 1.82) is 0 Å². The van der Waals surface area contributed by atoms with Crippen LogP contribution in [-0.2, 0) is 9.53 Å². The molecule has 3 aromatic carbocycles. The Morgan fingerprint density at radius 2 is 1.59 bits per heavy atom. The maximum Gasteiger partial charge on any atom is 0.411 e. The summed E-state index contributed by atoms with van der Waals surface area (Å²) in [6.45, 7) is 0.168. The molecule has 34 heavy (non-hydrogen) atoms. The summed E-state index contributed by atoms with van der Waals surface area (Å²) in [5.74, 6) is -2.94. The molecule has 8 heteroatoms. The topological polar surface area (TPSA) is 95.9 Å². The minimum atomic E-state index is -0.986. The van der Waals surface area contributed by atoms with Crippen LogP contribution in [0, 0.1) is 11.7 Å². The van der Waals surface area contributed by atoms with E-state index in [0.717, 1.165) is 34.4 Å². The van der Waals surface area contributed by atoms with E-state index in [1.165, 1.54) is 11.0 Å². The number of fused-ring (bicyclic) bond motifs is 3. The fourth-order valence-electron chi connectivity index (χ4n) is 4.52. The molecule has 1 aliphatic heterocycles. The molecule has 0 atom stereocenters. The number of anilines is 1. The molecule has 172 valence electrons. The second kappa shape index (κ2) is 8.62. The highest BCUT2D eigenvalue weighted by molar-refractivity contribution is 6.03. The van der Waals surface area contributed by atoms with Crippen molar-refractivity contribution in [3.8, 4) is 11.1 Å². The number of nitrogens with zero attached hydrogens (tertiary/aromatic N) is 1. The summed E-state index contributed by atoms with van der Waals surface area (Å²) < 4.78 is 19.4. The predicted octanol–water partition coefficient (Wildman–Crippen LogP) is 4.34. The smallest absolute Gasteiger partial charge is 0.411 e. The van der Waals surface area contributed by atoms with E-state index in [4.69, 9.17) is 9.84 Å². The van der Waals surface area contributed by atoms with E-state index >= 15 is 0 Å². The first kappa shape index (κ1) is 21.6.